The quantitative estimate of drug-likeness (QED) is 0.896. The van der Waals surface area contributed by atoms with Gasteiger partial charge in [-0.05, 0) is 30.2 Å². The summed E-state index contributed by atoms with van der Waals surface area (Å²) >= 11 is 0. The topological polar surface area (TPSA) is 58.4 Å². The first-order chi connectivity index (χ1) is 9.88. The van der Waals surface area contributed by atoms with Gasteiger partial charge in [-0.1, -0.05) is 6.92 Å². The highest BCUT2D eigenvalue weighted by Crippen LogP contribution is 2.33. The average Bonchev–Trinajstić information content (AvgIpc) is 2.45. The van der Waals surface area contributed by atoms with Crippen LogP contribution >= 0.6 is 0 Å². The van der Waals surface area contributed by atoms with Crippen molar-refractivity contribution in [2.45, 2.75) is 32.1 Å². The number of alkyl halides is 3. The zero-order valence-corrected chi connectivity index (χ0v) is 11.7. The molecule has 0 saturated carbocycles. The maximum atomic E-state index is 12.8. The molecule has 1 fully saturated rings. The van der Waals surface area contributed by atoms with Gasteiger partial charge in [0.1, 0.15) is 6.04 Å². The molecule has 1 heterocycles. The van der Waals surface area contributed by atoms with Gasteiger partial charge >= 0.3 is 6.18 Å². The first-order valence-electron chi connectivity index (χ1n) is 6.83. The Balaban J connectivity index is 2.41. The molecule has 0 spiro atoms. The number of carbonyl (C=O) groups excluding carboxylic acids is 1. The normalized spacial score (nSPS) is 19.6. The molecular weight excluding hydrogens is 283 g/mol. The predicted molar refractivity (Wildman–Crippen MR) is 73.8 cm³/mol. The fourth-order valence-electron chi connectivity index (χ4n) is 2.61. The number of amides is 1. The summed E-state index contributed by atoms with van der Waals surface area (Å²) in [6.07, 6.45) is -3.82. The molecule has 0 aromatic heterocycles. The van der Waals surface area contributed by atoms with Gasteiger partial charge in [0, 0.05) is 25.3 Å². The Hall–Kier alpha value is -1.76. The minimum Gasteiger partial charge on any atom is -0.357 e. The maximum Gasteiger partial charge on any atom is 0.416 e. The lowest BCUT2D eigenvalue weighted by molar-refractivity contribution is -0.137. The second-order valence-electron chi connectivity index (χ2n) is 4.95. The van der Waals surface area contributed by atoms with Gasteiger partial charge in [0.05, 0.1) is 5.56 Å². The molecule has 4 nitrogen and oxygen atoms in total. The highest BCUT2D eigenvalue weighted by Gasteiger charge is 2.33. The number of nitrogens with one attached hydrogen (secondary N) is 1. The van der Waals surface area contributed by atoms with Crippen LogP contribution in [0.25, 0.3) is 0 Å². The summed E-state index contributed by atoms with van der Waals surface area (Å²) in [5.74, 6) is -0.105. The summed E-state index contributed by atoms with van der Waals surface area (Å²) in [7, 11) is 0. The molecule has 2 rings (SSSR count). The summed E-state index contributed by atoms with van der Waals surface area (Å²) in [6.45, 7) is 2.89. The van der Waals surface area contributed by atoms with Gasteiger partial charge in [0.15, 0.2) is 0 Å². The number of benzene rings is 1. The molecule has 1 amide bonds. The standard InChI is InChI=1S/C14H18F3N3O/c1-2-11-13(21)19-5-6-20(11)12-4-3-10(14(15,16)17)7-9(12)8-18/h3-4,7,11H,2,5-6,8,18H2,1H3,(H,19,21). The molecule has 3 N–H and O–H groups in total. The molecule has 116 valence electrons. The van der Waals surface area contributed by atoms with Crippen molar-refractivity contribution in [3.8, 4) is 0 Å². The molecule has 21 heavy (non-hydrogen) atoms. The fourth-order valence-corrected chi connectivity index (χ4v) is 2.61. The van der Waals surface area contributed by atoms with E-state index in [1.54, 1.807) is 0 Å². The fraction of sp³-hybridized carbons (Fsp3) is 0.500. The number of carbonyl (C=O) groups is 1. The van der Waals surface area contributed by atoms with Gasteiger partial charge in [-0.3, -0.25) is 4.79 Å². The Bertz CT molecular complexity index is 531. The number of piperazine rings is 1. The number of nitrogens with two attached hydrogens (primary N) is 1. The van der Waals surface area contributed by atoms with Crippen LogP contribution < -0.4 is 16.0 Å². The molecule has 0 aliphatic carbocycles. The van der Waals surface area contributed by atoms with E-state index in [2.05, 4.69) is 5.32 Å². The van der Waals surface area contributed by atoms with E-state index in [1.807, 2.05) is 11.8 Å². The van der Waals surface area contributed by atoms with Crippen molar-refractivity contribution in [1.29, 1.82) is 0 Å². The third-order valence-electron chi connectivity index (χ3n) is 3.65. The number of hydrogen-bond donors (Lipinski definition) is 2. The molecular formula is C14H18F3N3O. The summed E-state index contributed by atoms with van der Waals surface area (Å²) in [5.41, 5.74) is 5.88. The van der Waals surface area contributed by atoms with Crippen LogP contribution in [0.5, 0.6) is 0 Å². The number of rotatable bonds is 3. The van der Waals surface area contributed by atoms with Gasteiger partial charge in [-0.15, -0.1) is 0 Å². The van der Waals surface area contributed by atoms with E-state index in [0.29, 0.717) is 30.8 Å². The van der Waals surface area contributed by atoms with E-state index in [0.717, 1.165) is 12.1 Å². The van der Waals surface area contributed by atoms with E-state index < -0.39 is 11.7 Å². The molecule has 1 aliphatic rings. The number of anilines is 1. The highest BCUT2D eigenvalue weighted by atomic mass is 19.4. The minimum absolute atomic E-state index is 0.00614. The largest absolute Gasteiger partial charge is 0.416 e. The summed E-state index contributed by atoms with van der Waals surface area (Å²) in [5, 5.41) is 2.76. The summed E-state index contributed by atoms with van der Waals surface area (Å²) in [6, 6.07) is 3.13. The zero-order chi connectivity index (χ0) is 15.6. The third-order valence-corrected chi connectivity index (χ3v) is 3.65. The van der Waals surface area contributed by atoms with E-state index in [1.165, 1.54) is 6.07 Å². The smallest absolute Gasteiger partial charge is 0.357 e. The van der Waals surface area contributed by atoms with Crippen LogP contribution in [0.4, 0.5) is 18.9 Å². The van der Waals surface area contributed by atoms with Gasteiger partial charge in [-0.25, -0.2) is 0 Å². The van der Waals surface area contributed by atoms with Crippen molar-refractivity contribution in [2.24, 2.45) is 5.73 Å². The Morgan fingerprint density at radius 2 is 2.14 bits per heavy atom. The van der Waals surface area contributed by atoms with Crippen molar-refractivity contribution in [3.63, 3.8) is 0 Å². The van der Waals surface area contributed by atoms with Crippen molar-refractivity contribution >= 4 is 11.6 Å². The van der Waals surface area contributed by atoms with Gasteiger partial charge in [-0.2, -0.15) is 13.2 Å². The number of halogens is 3. The van der Waals surface area contributed by atoms with Crippen molar-refractivity contribution < 1.29 is 18.0 Å². The molecule has 1 saturated heterocycles. The van der Waals surface area contributed by atoms with Crippen molar-refractivity contribution in [3.05, 3.63) is 29.3 Å². The van der Waals surface area contributed by atoms with E-state index in [9.17, 15) is 18.0 Å². The van der Waals surface area contributed by atoms with Crippen LogP contribution in [-0.2, 0) is 17.5 Å². The Morgan fingerprint density at radius 1 is 1.43 bits per heavy atom. The number of nitrogens with zero attached hydrogens (tertiary/aromatic N) is 1. The van der Waals surface area contributed by atoms with Crippen LogP contribution in [0.2, 0.25) is 0 Å². The molecule has 1 aliphatic heterocycles. The SMILES string of the molecule is CCC1C(=O)NCCN1c1ccc(C(F)(F)F)cc1CN. The van der Waals surface area contributed by atoms with Gasteiger partial charge in [0.25, 0.3) is 0 Å². The van der Waals surface area contributed by atoms with Crippen LogP contribution in [0.1, 0.15) is 24.5 Å². The van der Waals surface area contributed by atoms with E-state index in [4.69, 9.17) is 5.73 Å². The van der Waals surface area contributed by atoms with Crippen LogP contribution in [0.3, 0.4) is 0 Å². The molecule has 7 heteroatoms. The first kappa shape index (κ1) is 15.6. The second kappa shape index (κ2) is 5.93. The lowest BCUT2D eigenvalue weighted by Gasteiger charge is -2.37. The van der Waals surface area contributed by atoms with Crippen molar-refractivity contribution in [1.82, 2.24) is 5.32 Å². The molecule has 0 radical (unpaired) electrons. The monoisotopic (exact) mass is 301 g/mol. The predicted octanol–water partition coefficient (Wildman–Crippen LogP) is 1.88. The lowest BCUT2D eigenvalue weighted by Crippen LogP contribution is -2.55. The molecule has 1 aromatic rings. The zero-order valence-electron chi connectivity index (χ0n) is 11.7. The minimum atomic E-state index is -4.40. The summed E-state index contributed by atoms with van der Waals surface area (Å²) < 4.78 is 38.3. The second-order valence-corrected chi connectivity index (χ2v) is 4.95. The molecule has 1 unspecified atom stereocenters. The van der Waals surface area contributed by atoms with Crippen LogP contribution in [0.15, 0.2) is 18.2 Å². The molecule has 1 aromatic carbocycles. The van der Waals surface area contributed by atoms with Gasteiger partial charge in [0.2, 0.25) is 5.91 Å². The molecule has 1 atom stereocenters. The maximum absolute atomic E-state index is 12.8. The molecule has 0 bridgehead atoms. The Kier molecular flexibility index (Phi) is 4.41. The Labute approximate surface area is 121 Å². The van der Waals surface area contributed by atoms with Crippen molar-refractivity contribution in [2.75, 3.05) is 18.0 Å². The van der Waals surface area contributed by atoms with Gasteiger partial charge < -0.3 is 16.0 Å². The Morgan fingerprint density at radius 3 is 2.71 bits per heavy atom. The lowest BCUT2D eigenvalue weighted by atomic mass is 10.0. The highest BCUT2D eigenvalue weighted by molar-refractivity contribution is 5.86. The number of hydrogen-bond acceptors (Lipinski definition) is 3. The third kappa shape index (κ3) is 3.12. The van der Waals surface area contributed by atoms with E-state index >= 15 is 0 Å². The summed E-state index contributed by atoms with van der Waals surface area (Å²) in [4.78, 5) is 13.7. The van der Waals surface area contributed by atoms with Crippen LogP contribution in [-0.4, -0.2) is 25.0 Å². The first-order valence-corrected chi connectivity index (χ1v) is 6.83. The van der Waals surface area contributed by atoms with Crippen LogP contribution in [0, 0.1) is 0 Å². The average molecular weight is 301 g/mol. The van der Waals surface area contributed by atoms with E-state index in [-0.39, 0.29) is 18.5 Å².